The highest BCUT2D eigenvalue weighted by Crippen LogP contribution is 2.35. The summed E-state index contributed by atoms with van der Waals surface area (Å²) >= 11 is 7.28. The van der Waals surface area contributed by atoms with Gasteiger partial charge < -0.3 is 4.90 Å². The number of likely N-dealkylation sites (N-methyl/N-ethyl adjacent to an activating group) is 1. The Bertz CT molecular complexity index is 1450. The maximum Gasteiger partial charge on any atom is 0.263 e. The van der Waals surface area contributed by atoms with Gasteiger partial charge in [-0.1, -0.05) is 31.5 Å². The minimum absolute atomic E-state index is 0.0112. The molecule has 1 aliphatic heterocycles. The van der Waals surface area contributed by atoms with E-state index >= 15 is 0 Å². The normalized spacial score (nSPS) is 19.3. The third kappa shape index (κ3) is 4.89. The summed E-state index contributed by atoms with van der Waals surface area (Å²) in [7, 11) is -2.29. The van der Waals surface area contributed by atoms with Crippen LogP contribution in [0.3, 0.4) is 0 Å². The molecule has 0 unspecified atom stereocenters. The smallest absolute Gasteiger partial charge is 0.263 e. The van der Waals surface area contributed by atoms with Gasteiger partial charge in [0.05, 0.1) is 11.7 Å². The van der Waals surface area contributed by atoms with E-state index in [4.69, 9.17) is 11.6 Å². The number of hydrogen-bond donors (Lipinski definition) is 0. The third-order valence-corrected chi connectivity index (χ3v) is 9.83. The minimum Gasteiger partial charge on any atom is -0.314 e. The molecule has 3 heterocycles. The number of thiophene rings is 1. The molecule has 0 radical (unpaired) electrons. The first-order chi connectivity index (χ1) is 16.4. The number of anilines is 1. The summed E-state index contributed by atoms with van der Waals surface area (Å²) in [6, 6.07) is 5.24. The lowest BCUT2D eigenvalue weighted by atomic mass is 9.94. The first-order valence-corrected chi connectivity index (χ1v) is 14.0. The Morgan fingerprint density at radius 2 is 1.89 bits per heavy atom. The number of sulfonamides is 1. The van der Waals surface area contributed by atoms with Crippen LogP contribution in [-0.4, -0.2) is 48.3 Å². The third-order valence-electron chi connectivity index (χ3n) is 6.45. The van der Waals surface area contributed by atoms with Crippen molar-refractivity contribution in [3.8, 4) is 0 Å². The summed E-state index contributed by atoms with van der Waals surface area (Å²) in [5, 5.41) is 0.547. The molecular weight excluding hydrogens is 508 g/mol. The largest absolute Gasteiger partial charge is 0.314 e. The number of benzene rings is 1. The first kappa shape index (κ1) is 25.8. The van der Waals surface area contributed by atoms with Crippen LogP contribution in [0.2, 0.25) is 5.02 Å². The van der Waals surface area contributed by atoms with Crippen molar-refractivity contribution in [1.82, 2.24) is 13.9 Å². The molecule has 1 amide bonds. The number of halogens is 1. The summed E-state index contributed by atoms with van der Waals surface area (Å²) in [4.78, 5) is 33.2. The van der Waals surface area contributed by atoms with Crippen LogP contribution in [-0.2, 0) is 21.4 Å². The summed E-state index contributed by atoms with van der Waals surface area (Å²) in [6.45, 7) is 8.18. The highest BCUT2D eigenvalue weighted by molar-refractivity contribution is 7.89. The molecule has 0 bridgehead atoms. The molecule has 0 spiro atoms. The zero-order valence-corrected chi connectivity index (χ0v) is 22.8. The quantitative estimate of drug-likeness (QED) is 0.490. The van der Waals surface area contributed by atoms with Crippen molar-refractivity contribution in [1.29, 1.82) is 0 Å². The van der Waals surface area contributed by atoms with E-state index in [1.165, 1.54) is 31.4 Å². The zero-order valence-electron chi connectivity index (χ0n) is 20.4. The molecule has 2 atom stereocenters. The van der Waals surface area contributed by atoms with Gasteiger partial charge in [-0.25, -0.2) is 13.4 Å². The SMILES string of the molecule is Cc1ccc(Cl)cc1N(C)C(=O)Cn1cnc2sc(C)c(S(=O)(=O)N3C[C@H](C)C[C@H](C)C3)c2c1=O. The van der Waals surface area contributed by atoms with Gasteiger partial charge >= 0.3 is 0 Å². The maximum absolute atomic E-state index is 13.7. The van der Waals surface area contributed by atoms with E-state index in [1.807, 2.05) is 26.8 Å². The van der Waals surface area contributed by atoms with Crippen molar-refractivity contribution < 1.29 is 13.2 Å². The average molecular weight is 537 g/mol. The second-order valence-corrected chi connectivity index (χ2v) is 13.0. The number of rotatable bonds is 5. The number of piperidine rings is 1. The van der Waals surface area contributed by atoms with Gasteiger partial charge in [0, 0.05) is 35.7 Å². The number of carbonyl (C=O) groups excluding carboxylic acids is 1. The van der Waals surface area contributed by atoms with E-state index in [0.717, 1.165) is 12.0 Å². The van der Waals surface area contributed by atoms with Crippen LogP contribution in [0.4, 0.5) is 5.69 Å². The van der Waals surface area contributed by atoms with E-state index in [9.17, 15) is 18.0 Å². The number of aryl methyl sites for hydroxylation is 2. The Balaban J connectivity index is 1.73. The topological polar surface area (TPSA) is 92.6 Å². The Morgan fingerprint density at radius 3 is 2.54 bits per heavy atom. The fourth-order valence-electron chi connectivity index (χ4n) is 4.80. The zero-order chi connectivity index (χ0) is 25.7. The number of aromatic nitrogens is 2. The standard InChI is InChI=1S/C24H29ClN4O4S2/c1-14-8-15(2)11-29(10-14)35(32,33)22-17(4)34-23-21(22)24(31)28(13-26-23)12-20(30)27(5)19-9-18(25)7-6-16(19)3/h6-7,9,13-15H,8,10-12H2,1-5H3/t14-,15+. The lowest BCUT2D eigenvalue weighted by Crippen LogP contribution is -2.43. The van der Waals surface area contributed by atoms with Gasteiger partial charge in [-0.05, 0) is 49.8 Å². The Kier molecular flexibility index (Phi) is 7.11. The predicted octanol–water partition coefficient (Wildman–Crippen LogP) is 4.06. The van der Waals surface area contributed by atoms with Crippen LogP contribution in [0.25, 0.3) is 10.2 Å². The lowest BCUT2D eigenvalue weighted by Gasteiger charge is -2.34. The molecule has 0 saturated carbocycles. The van der Waals surface area contributed by atoms with Crippen LogP contribution in [0.1, 0.15) is 30.7 Å². The van der Waals surface area contributed by atoms with Crippen LogP contribution in [0.5, 0.6) is 0 Å². The molecule has 35 heavy (non-hydrogen) atoms. The molecule has 1 aromatic carbocycles. The van der Waals surface area contributed by atoms with Gasteiger partial charge in [-0.15, -0.1) is 11.3 Å². The molecule has 3 aromatic rings. The van der Waals surface area contributed by atoms with Crippen molar-refractivity contribution in [2.45, 2.75) is 45.6 Å². The molecule has 4 rings (SSSR count). The number of carbonyl (C=O) groups is 1. The molecule has 11 heteroatoms. The highest BCUT2D eigenvalue weighted by atomic mass is 35.5. The summed E-state index contributed by atoms with van der Waals surface area (Å²) in [6.07, 6.45) is 2.27. The van der Waals surface area contributed by atoms with Crippen molar-refractivity contribution in [2.24, 2.45) is 11.8 Å². The number of amides is 1. The van der Waals surface area contributed by atoms with Crippen LogP contribution in [0.15, 0.2) is 34.2 Å². The minimum atomic E-state index is -3.90. The van der Waals surface area contributed by atoms with E-state index in [-0.39, 0.29) is 34.6 Å². The molecule has 8 nitrogen and oxygen atoms in total. The molecule has 1 fully saturated rings. The van der Waals surface area contributed by atoms with E-state index in [0.29, 0.717) is 33.5 Å². The molecule has 0 aliphatic carbocycles. The van der Waals surface area contributed by atoms with Crippen molar-refractivity contribution in [3.05, 3.63) is 50.3 Å². The van der Waals surface area contributed by atoms with Crippen LogP contribution >= 0.6 is 22.9 Å². The molecular formula is C24H29ClN4O4S2. The highest BCUT2D eigenvalue weighted by Gasteiger charge is 2.36. The lowest BCUT2D eigenvalue weighted by molar-refractivity contribution is -0.118. The van der Waals surface area contributed by atoms with Crippen molar-refractivity contribution in [2.75, 3.05) is 25.0 Å². The van der Waals surface area contributed by atoms with Gasteiger partial charge in [-0.3, -0.25) is 14.2 Å². The van der Waals surface area contributed by atoms with E-state index in [1.54, 1.807) is 26.1 Å². The Labute approximate surface area is 214 Å². The molecule has 188 valence electrons. The second-order valence-electron chi connectivity index (χ2n) is 9.50. The predicted molar refractivity (Wildman–Crippen MR) is 140 cm³/mol. The molecule has 1 aliphatic rings. The molecule has 1 saturated heterocycles. The summed E-state index contributed by atoms with van der Waals surface area (Å²) < 4.78 is 30.0. The second kappa shape index (κ2) is 9.65. The van der Waals surface area contributed by atoms with E-state index in [2.05, 4.69) is 4.98 Å². The van der Waals surface area contributed by atoms with Crippen molar-refractivity contribution in [3.63, 3.8) is 0 Å². The van der Waals surface area contributed by atoms with Gasteiger partial charge in [0.25, 0.3) is 5.56 Å². The number of nitrogens with zero attached hydrogens (tertiary/aromatic N) is 4. The van der Waals surface area contributed by atoms with Gasteiger partial charge in [0.2, 0.25) is 15.9 Å². The fraction of sp³-hybridized carbons (Fsp3) is 0.458. The Hall–Kier alpha value is -2.27. The van der Waals surface area contributed by atoms with Crippen LogP contribution < -0.4 is 10.5 Å². The fourth-order valence-corrected chi connectivity index (χ4v) is 8.31. The number of hydrogen-bond acceptors (Lipinski definition) is 6. The van der Waals surface area contributed by atoms with Crippen molar-refractivity contribution >= 4 is 54.8 Å². The van der Waals surface area contributed by atoms with Gasteiger partial charge in [0.1, 0.15) is 16.3 Å². The monoisotopic (exact) mass is 536 g/mol. The van der Waals surface area contributed by atoms with Gasteiger partial charge in [-0.2, -0.15) is 4.31 Å². The first-order valence-electron chi connectivity index (χ1n) is 11.4. The van der Waals surface area contributed by atoms with Gasteiger partial charge in [0.15, 0.2) is 0 Å². The van der Waals surface area contributed by atoms with E-state index < -0.39 is 15.6 Å². The van der Waals surface area contributed by atoms with Crippen LogP contribution in [0, 0.1) is 25.7 Å². The maximum atomic E-state index is 13.7. The molecule has 0 N–H and O–H groups in total. The Morgan fingerprint density at radius 1 is 1.23 bits per heavy atom. The average Bonchev–Trinajstić information content (AvgIpc) is 3.13. The summed E-state index contributed by atoms with van der Waals surface area (Å²) in [5.74, 6) is 0.113. The number of fused-ring (bicyclic) bond motifs is 1. The summed E-state index contributed by atoms with van der Waals surface area (Å²) in [5.41, 5.74) is 0.950. The molecule has 2 aromatic heterocycles.